The van der Waals surface area contributed by atoms with Crippen LogP contribution in [0.3, 0.4) is 0 Å². The van der Waals surface area contributed by atoms with Gasteiger partial charge in [-0.1, -0.05) is 0 Å². The van der Waals surface area contributed by atoms with E-state index in [0.29, 0.717) is 23.6 Å². The van der Waals surface area contributed by atoms with Crippen molar-refractivity contribution in [3.63, 3.8) is 0 Å². The number of fused-ring (bicyclic) bond motifs is 2. The predicted molar refractivity (Wildman–Crippen MR) is 120 cm³/mol. The van der Waals surface area contributed by atoms with E-state index in [1.807, 2.05) is 34.6 Å². The lowest BCUT2D eigenvalue weighted by molar-refractivity contribution is -0.121. The Balaban J connectivity index is 1.46. The molecule has 1 atom stereocenters. The molecule has 3 aliphatic rings. The van der Waals surface area contributed by atoms with Gasteiger partial charge in [0.1, 0.15) is 5.60 Å². The van der Waals surface area contributed by atoms with Gasteiger partial charge in [-0.05, 0) is 81.3 Å². The molecule has 0 radical (unpaired) electrons. The van der Waals surface area contributed by atoms with Gasteiger partial charge in [-0.2, -0.15) is 0 Å². The standard InChI is InChI=1S/C23H31BrN2O5/c1-12-16-15(10-11-25-20(16)27)17(24)19-18(12)29-23(5,30-19)13-6-8-14(9-7-13)26-21(28)31-22(2,3)4/h13-14H,6-11H2,1-5H3,(H,25,27)(H,26,28)/t13-,14-,23?. The molecular weight excluding hydrogens is 464 g/mol. The number of hydrogen-bond acceptors (Lipinski definition) is 5. The molecule has 1 unspecified atom stereocenters. The Bertz CT molecular complexity index is 918. The van der Waals surface area contributed by atoms with Gasteiger partial charge >= 0.3 is 6.09 Å². The summed E-state index contributed by atoms with van der Waals surface area (Å²) in [6.45, 7) is 10.1. The van der Waals surface area contributed by atoms with Crippen LogP contribution in [0.5, 0.6) is 11.5 Å². The van der Waals surface area contributed by atoms with Crippen LogP contribution in [0, 0.1) is 12.8 Å². The first-order valence-corrected chi connectivity index (χ1v) is 11.8. The molecule has 1 fully saturated rings. The highest BCUT2D eigenvalue weighted by Gasteiger charge is 2.48. The van der Waals surface area contributed by atoms with E-state index in [-0.39, 0.29) is 24.0 Å². The van der Waals surface area contributed by atoms with Crippen LogP contribution in [0.25, 0.3) is 0 Å². The summed E-state index contributed by atoms with van der Waals surface area (Å²) in [5.41, 5.74) is 2.00. The topological polar surface area (TPSA) is 85.9 Å². The summed E-state index contributed by atoms with van der Waals surface area (Å²) in [5, 5.41) is 5.90. The molecule has 2 heterocycles. The third kappa shape index (κ3) is 4.23. The van der Waals surface area contributed by atoms with E-state index in [9.17, 15) is 9.59 Å². The van der Waals surface area contributed by atoms with Crippen LogP contribution in [0.2, 0.25) is 0 Å². The van der Waals surface area contributed by atoms with Crippen molar-refractivity contribution in [2.24, 2.45) is 5.92 Å². The van der Waals surface area contributed by atoms with E-state index >= 15 is 0 Å². The first-order chi connectivity index (χ1) is 14.5. The maximum Gasteiger partial charge on any atom is 0.407 e. The van der Waals surface area contributed by atoms with Gasteiger partial charge in [0.25, 0.3) is 11.7 Å². The molecule has 1 aromatic carbocycles. The number of amides is 2. The van der Waals surface area contributed by atoms with Crippen LogP contribution < -0.4 is 20.1 Å². The smallest absolute Gasteiger partial charge is 0.407 e. The van der Waals surface area contributed by atoms with Crippen molar-refractivity contribution in [3.8, 4) is 11.5 Å². The van der Waals surface area contributed by atoms with Crippen molar-refractivity contribution in [2.45, 2.75) is 84.2 Å². The third-order valence-corrected chi connectivity index (χ3v) is 7.21. The van der Waals surface area contributed by atoms with Gasteiger partial charge in [0, 0.05) is 31.0 Å². The van der Waals surface area contributed by atoms with E-state index in [2.05, 4.69) is 26.6 Å². The Labute approximate surface area is 191 Å². The van der Waals surface area contributed by atoms with E-state index in [4.69, 9.17) is 14.2 Å². The fourth-order valence-corrected chi connectivity index (χ4v) is 5.49. The molecule has 0 spiro atoms. The van der Waals surface area contributed by atoms with Gasteiger partial charge in [-0.3, -0.25) is 4.79 Å². The van der Waals surface area contributed by atoms with E-state index in [1.165, 1.54) is 0 Å². The molecular formula is C23H31BrN2O5. The highest BCUT2D eigenvalue weighted by atomic mass is 79.9. The van der Waals surface area contributed by atoms with Crippen molar-refractivity contribution in [1.82, 2.24) is 10.6 Å². The highest BCUT2D eigenvalue weighted by Crippen LogP contribution is 2.53. The lowest BCUT2D eigenvalue weighted by atomic mass is 9.81. The minimum absolute atomic E-state index is 0.0619. The van der Waals surface area contributed by atoms with Gasteiger partial charge in [0.15, 0.2) is 11.5 Å². The minimum Gasteiger partial charge on any atom is -0.448 e. The average Bonchev–Trinajstić information content (AvgIpc) is 3.04. The molecule has 0 saturated heterocycles. The second-order valence-corrected chi connectivity index (χ2v) is 10.7. The Kier molecular flexibility index (Phi) is 5.65. The maximum absolute atomic E-state index is 12.5. The van der Waals surface area contributed by atoms with E-state index < -0.39 is 11.4 Å². The van der Waals surface area contributed by atoms with Crippen LogP contribution in [0.15, 0.2) is 4.47 Å². The zero-order chi connectivity index (χ0) is 22.6. The summed E-state index contributed by atoms with van der Waals surface area (Å²) in [7, 11) is 0. The zero-order valence-electron chi connectivity index (χ0n) is 18.8. The number of alkyl carbamates (subject to hydrolysis) is 1. The Morgan fingerprint density at radius 1 is 1.19 bits per heavy atom. The SMILES string of the molecule is Cc1c2c(c(Br)c3c1C(=O)NCC3)OC(C)([C@H]1CC[C@H](NC(=O)OC(C)(C)C)CC1)O2. The largest absolute Gasteiger partial charge is 0.448 e. The van der Waals surface area contributed by atoms with Gasteiger partial charge < -0.3 is 24.8 Å². The quantitative estimate of drug-likeness (QED) is 0.626. The molecule has 0 aromatic heterocycles. The normalized spacial score (nSPS) is 27.4. The minimum atomic E-state index is -0.799. The molecule has 170 valence electrons. The zero-order valence-corrected chi connectivity index (χ0v) is 20.4. The summed E-state index contributed by atoms with van der Waals surface area (Å²) in [6.07, 6.45) is 3.79. The Hall–Kier alpha value is -1.96. The van der Waals surface area contributed by atoms with Gasteiger partial charge in [-0.15, -0.1) is 0 Å². The van der Waals surface area contributed by atoms with E-state index in [1.54, 1.807) is 0 Å². The third-order valence-electron chi connectivity index (χ3n) is 6.37. The predicted octanol–water partition coefficient (Wildman–Crippen LogP) is 4.61. The fourth-order valence-electron chi connectivity index (χ4n) is 4.83. The second-order valence-electron chi connectivity index (χ2n) is 9.87. The van der Waals surface area contributed by atoms with Gasteiger partial charge in [0.05, 0.1) is 10.0 Å². The van der Waals surface area contributed by atoms with Crippen molar-refractivity contribution in [3.05, 3.63) is 21.2 Å². The number of rotatable bonds is 2. The summed E-state index contributed by atoms with van der Waals surface area (Å²) in [5.74, 6) is 0.663. The molecule has 1 saturated carbocycles. The molecule has 2 aliphatic heterocycles. The number of hydrogen-bond donors (Lipinski definition) is 2. The number of benzene rings is 1. The molecule has 2 N–H and O–H groups in total. The summed E-state index contributed by atoms with van der Waals surface area (Å²) in [6, 6.07) is 0.0861. The highest BCUT2D eigenvalue weighted by molar-refractivity contribution is 9.10. The number of nitrogens with one attached hydrogen (secondary N) is 2. The first kappa shape index (κ1) is 22.2. The van der Waals surface area contributed by atoms with Crippen LogP contribution in [0.4, 0.5) is 4.79 Å². The monoisotopic (exact) mass is 494 g/mol. The van der Waals surface area contributed by atoms with Crippen molar-refractivity contribution < 1.29 is 23.8 Å². The fraction of sp³-hybridized carbons (Fsp3) is 0.652. The molecule has 4 rings (SSSR count). The van der Waals surface area contributed by atoms with Crippen molar-refractivity contribution in [2.75, 3.05) is 6.54 Å². The van der Waals surface area contributed by atoms with Crippen LogP contribution >= 0.6 is 15.9 Å². The second kappa shape index (κ2) is 7.87. The molecule has 1 aliphatic carbocycles. The number of carbonyl (C=O) groups is 2. The van der Waals surface area contributed by atoms with Crippen molar-refractivity contribution >= 4 is 27.9 Å². The lowest BCUT2D eigenvalue weighted by Crippen LogP contribution is -2.48. The summed E-state index contributed by atoms with van der Waals surface area (Å²) in [4.78, 5) is 24.5. The Morgan fingerprint density at radius 2 is 1.84 bits per heavy atom. The number of ether oxygens (including phenoxy) is 3. The van der Waals surface area contributed by atoms with Crippen LogP contribution in [-0.4, -0.2) is 36.0 Å². The average molecular weight is 495 g/mol. The van der Waals surface area contributed by atoms with Gasteiger partial charge in [-0.25, -0.2) is 4.79 Å². The molecule has 0 bridgehead atoms. The van der Waals surface area contributed by atoms with Crippen LogP contribution in [-0.2, 0) is 11.2 Å². The summed E-state index contributed by atoms with van der Waals surface area (Å²) < 4.78 is 19.0. The Morgan fingerprint density at radius 3 is 2.48 bits per heavy atom. The first-order valence-electron chi connectivity index (χ1n) is 11.0. The molecule has 1 aromatic rings. The lowest BCUT2D eigenvalue weighted by Gasteiger charge is -2.37. The summed E-state index contributed by atoms with van der Waals surface area (Å²) >= 11 is 3.67. The molecule has 31 heavy (non-hydrogen) atoms. The molecule has 8 heteroatoms. The van der Waals surface area contributed by atoms with Crippen LogP contribution in [0.1, 0.15) is 74.9 Å². The molecule has 2 amide bonds. The van der Waals surface area contributed by atoms with Crippen molar-refractivity contribution in [1.29, 1.82) is 0 Å². The van der Waals surface area contributed by atoms with Gasteiger partial charge in [0.2, 0.25) is 0 Å². The number of carbonyl (C=O) groups excluding carboxylic acids is 2. The molecule has 7 nitrogen and oxygen atoms in total. The van der Waals surface area contributed by atoms with E-state index in [0.717, 1.165) is 47.7 Å². The number of halogens is 1. The maximum atomic E-state index is 12.5.